The molecule has 0 bridgehead atoms. The van der Waals surface area contributed by atoms with E-state index in [0.717, 1.165) is 56.6 Å². The zero-order valence-corrected chi connectivity index (χ0v) is 17.0. The summed E-state index contributed by atoms with van der Waals surface area (Å²) in [5.41, 5.74) is 3.73. The fourth-order valence-electron chi connectivity index (χ4n) is 4.21. The summed E-state index contributed by atoms with van der Waals surface area (Å²) in [6.45, 7) is 6.29. The molecular formula is C22H35N3O2. The molecule has 0 atom stereocenters. The minimum absolute atomic E-state index is 0.389. The van der Waals surface area contributed by atoms with Crippen molar-refractivity contribution in [3.63, 3.8) is 0 Å². The SMILES string of the molecule is CCNC(=NCc1c(O)ccc2c1CCCC2)N(C)CCC1CCOCC1. The summed E-state index contributed by atoms with van der Waals surface area (Å²) in [6, 6.07) is 3.93. The lowest BCUT2D eigenvalue weighted by Crippen LogP contribution is -2.40. The van der Waals surface area contributed by atoms with E-state index in [0.29, 0.717) is 12.3 Å². The Bertz CT molecular complexity index is 639. The highest BCUT2D eigenvalue weighted by atomic mass is 16.5. The molecule has 1 aromatic rings. The van der Waals surface area contributed by atoms with Gasteiger partial charge in [0.2, 0.25) is 0 Å². The van der Waals surface area contributed by atoms with Crippen LogP contribution in [0.15, 0.2) is 17.1 Å². The average Bonchev–Trinajstić information content (AvgIpc) is 2.71. The molecule has 0 unspecified atom stereocenters. The summed E-state index contributed by atoms with van der Waals surface area (Å²) in [4.78, 5) is 7.09. The van der Waals surface area contributed by atoms with Gasteiger partial charge in [-0.2, -0.15) is 0 Å². The van der Waals surface area contributed by atoms with Crippen LogP contribution in [0.2, 0.25) is 0 Å². The first-order valence-corrected chi connectivity index (χ1v) is 10.6. The number of aliphatic imine (C=N–C) groups is 1. The van der Waals surface area contributed by atoms with Gasteiger partial charge in [-0.3, -0.25) is 0 Å². The number of guanidine groups is 1. The van der Waals surface area contributed by atoms with Crippen LogP contribution in [0, 0.1) is 5.92 Å². The monoisotopic (exact) mass is 373 g/mol. The number of hydrogen-bond donors (Lipinski definition) is 2. The Labute approximate surface area is 163 Å². The maximum atomic E-state index is 10.4. The molecule has 5 heteroatoms. The molecule has 150 valence electrons. The zero-order valence-electron chi connectivity index (χ0n) is 17.0. The molecule has 3 rings (SSSR count). The van der Waals surface area contributed by atoms with Gasteiger partial charge in [0, 0.05) is 38.9 Å². The van der Waals surface area contributed by atoms with Gasteiger partial charge in [-0.25, -0.2) is 4.99 Å². The van der Waals surface area contributed by atoms with Crippen molar-refractivity contribution in [1.29, 1.82) is 0 Å². The third kappa shape index (κ3) is 5.38. The Morgan fingerprint density at radius 3 is 2.81 bits per heavy atom. The molecule has 2 aliphatic rings. The van der Waals surface area contributed by atoms with Gasteiger partial charge < -0.3 is 20.1 Å². The van der Waals surface area contributed by atoms with Gasteiger partial charge in [-0.1, -0.05) is 6.07 Å². The Morgan fingerprint density at radius 2 is 2.04 bits per heavy atom. The predicted molar refractivity (Wildman–Crippen MR) is 110 cm³/mol. The van der Waals surface area contributed by atoms with Crippen LogP contribution in [0.1, 0.15) is 55.7 Å². The summed E-state index contributed by atoms with van der Waals surface area (Å²) < 4.78 is 5.46. The van der Waals surface area contributed by atoms with E-state index in [1.165, 1.54) is 43.2 Å². The number of phenolic OH excluding ortho intramolecular Hbond substituents is 1. The lowest BCUT2D eigenvalue weighted by molar-refractivity contribution is 0.0625. The Kier molecular flexibility index (Phi) is 7.39. The minimum atomic E-state index is 0.389. The average molecular weight is 374 g/mol. The van der Waals surface area contributed by atoms with Crippen molar-refractivity contribution in [2.45, 2.75) is 58.4 Å². The van der Waals surface area contributed by atoms with E-state index in [9.17, 15) is 5.11 Å². The quantitative estimate of drug-likeness (QED) is 0.592. The number of fused-ring (bicyclic) bond motifs is 1. The van der Waals surface area contributed by atoms with E-state index in [-0.39, 0.29) is 0 Å². The first-order valence-electron chi connectivity index (χ1n) is 10.6. The van der Waals surface area contributed by atoms with Crippen molar-refractivity contribution < 1.29 is 9.84 Å². The number of hydrogen-bond acceptors (Lipinski definition) is 3. The zero-order chi connectivity index (χ0) is 19.1. The summed E-state index contributed by atoms with van der Waals surface area (Å²) >= 11 is 0. The van der Waals surface area contributed by atoms with Crippen LogP contribution in [-0.4, -0.2) is 49.3 Å². The molecule has 0 amide bonds. The van der Waals surface area contributed by atoms with Crippen LogP contribution in [0.25, 0.3) is 0 Å². The number of ether oxygens (including phenoxy) is 1. The number of benzene rings is 1. The minimum Gasteiger partial charge on any atom is -0.508 e. The highest BCUT2D eigenvalue weighted by Crippen LogP contribution is 2.31. The largest absolute Gasteiger partial charge is 0.508 e. The highest BCUT2D eigenvalue weighted by Gasteiger charge is 2.18. The smallest absolute Gasteiger partial charge is 0.193 e. The molecule has 0 spiro atoms. The standard InChI is InChI=1S/C22H35N3O2/c1-3-23-22(25(2)13-10-17-11-14-27-15-12-17)24-16-20-19-7-5-4-6-18(19)8-9-21(20)26/h8-9,17,26H,3-7,10-16H2,1-2H3,(H,23,24). The van der Waals surface area contributed by atoms with Crippen LogP contribution >= 0.6 is 0 Å². The maximum absolute atomic E-state index is 10.4. The highest BCUT2D eigenvalue weighted by molar-refractivity contribution is 5.79. The van der Waals surface area contributed by atoms with Gasteiger partial charge in [0.25, 0.3) is 0 Å². The van der Waals surface area contributed by atoms with Crippen molar-refractivity contribution >= 4 is 5.96 Å². The van der Waals surface area contributed by atoms with Crippen molar-refractivity contribution in [2.24, 2.45) is 10.9 Å². The van der Waals surface area contributed by atoms with Crippen molar-refractivity contribution in [3.05, 3.63) is 28.8 Å². The molecule has 0 radical (unpaired) electrons. The summed E-state index contributed by atoms with van der Waals surface area (Å²) in [7, 11) is 2.11. The molecule has 1 saturated heterocycles. The van der Waals surface area contributed by atoms with Gasteiger partial charge in [0.1, 0.15) is 5.75 Å². The second kappa shape index (κ2) is 9.98. The van der Waals surface area contributed by atoms with E-state index >= 15 is 0 Å². The predicted octanol–water partition coefficient (Wildman–Crippen LogP) is 3.49. The van der Waals surface area contributed by atoms with Gasteiger partial charge in [0.15, 0.2) is 5.96 Å². The van der Waals surface area contributed by atoms with E-state index in [1.807, 2.05) is 6.07 Å². The van der Waals surface area contributed by atoms with Gasteiger partial charge in [-0.05, 0) is 75.0 Å². The lowest BCUT2D eigenvalue weighted by Gasteiger charge is -2.27. The number of aryl methyl sites for hydroxylation is 1. The molecule has 1 aromatic carbocycles. The first kappa shape index (κ1) is 20.0. The molecule has 1 aliphatic carbocycles. The summed E-state index contributed by atoms with van der Waals surface area (Å²) in [6.07, 6.45) is 8.16. The van der Waals surface area contributed by atoms with E-state index in [1.54, 1.807) is 0 Å². The van der Waals surface area contributed by atoms with Crippen LogP contribution < -0.4 is 5.32 Å². The molecule has 27 heavy (non-hydrogen) atoms. The molecule has 1 fully saturated rings. The van der Waals surface area contributed by atoms with E-state index in [2.05, 4.69) is 30.3 Å². The third-order valence-corrected chi connectivity index (χ3v) is 5.92. The Morgan fingerprint density at radius 1 is 1.26 bits per heavy atom. The van der Waals surface area contributed by atoms with Crippen LogP contribution in [-0.2, 0) is 24.1 Å². The molecule has 5 nitrogen and oxygen atoms in total. The van der Waals surface area contributed by atoms with Crippen molar-refractivity contribution in [3.8, 4) is 5.75 Å². The fraction of sp³-hybridized carbons (Fsp3) is 0.682. The molecule has 0 saturated carbocycles. The maximum Gasteiger partial charge on any atom is 0.193 e. The van der Waals surface area contributed by atoms with Gasteiger partial charge in [-0.15, -0.1) is 0 Å². The summed E-state index contributed by atoms with van der Waals surface area (Å²) in [5.74, 6) is 2.08. The third-order valence-electron chi connectivity index (χ3n) is 5.92. The van der Waals surface area contributed by atoms with Gasteiger partial charge in [0.05, 0.1) is 6.54 Å². The second-order valence-corrected chi connectivity index (χ2v) is 7.84. The molecule has 1 heterocycles. The van der Waals surface area contributed by atoms with Crippen molar-refractivity contribution in [1.82, 2.24) is 10.2 Å². The van der Waals surface area contributed by atoms with E-state index in [4.69, 9.17) is 9.73 Å². The summed E-state index contributed by atoms with van der Waals surface area (Å²) in [5, 5.41) is 13.8. The first-order chi connectivity index (χ1) is 13.2. The van der Waals surface area contributed by atoms with Crippen LogP contribution in [0.4, 0.5) is 0 Å². The number of nitrogens with one attached hydrogen (secondary N) is 1. The normalized spacial score (nSPS) is 18.2. The fourth-order valence-corrected chi connectivity index (χ4v) is 4.21. The topological polar surface area (TPSA) is 57.1 Å². The lowest BCUT2D eigenvalue weighted by atomic mass is 9.88. The molecular weight excluding hydrogens is 338 g/mol. The van der Waals surface area contributed by atoms with Crippen LogP contribution in [0.3, 0.4) is 0 Å². The molecule has 2 N–H and O–H groups in total. The number of phenols is 1. The Balaban J connectivity index is 1.66. The van der Waals surface area contributed by atoms with E-state index < -0.39 is 0 Å². The van der Waals surface area contributed by atoms with Crippen LogP contribution in [0.5, 0.6) is 5.75 Å². The van der Waals surface area contributed by atoms with Crippen molar-refractivity contribution in [2.75, 3.05) is 33.4 Å². The van der Waals surface area contributed by atoms with Gasteiger partial charge >= 0.3 is 0 Å². The number of rotatable bonds is 6. The molecule has 1 aliphatic heterocycles. The number of nitrogens with zero attached hydrogens (tertiary/aromatic N) is 2. The Hall–Kier alpha value is -1.75. The second-order valence-electron chi connectivity index (χ2n) is 7.84. The number of aromatic hydroxyl groups is 1. The molecule has 0 aromatic heterocycles.